The molecule has 1 heterocycles. The Bertz CT molecular complexity index is 971. The molecule has 0 radical (unpaired) electrons. The van der Waals surface area contributed by atoms with Crippen LogP contribution < -0.4 is 9.80 Å². The van der Waals surface area contributed by atoms with Gasteiger partial charge in [0.05, 0.1) is 10.2 Å². The Labute approximate surface area is 193 Å². The average molecular weight is 467 g/mol. The van der Waals surface area contributed by atoms with E-state index in [1.165, 1.54) is 11.3 Å². The van der Waals surface area contributed by atoms with Gasteiger partial charge in [0.15, 0.2) is 5.13 Å². The van der Waals surface area contributed by atoms with E-state index in [-0.39, 0.29) is 18.3 Å². The number of carbonyl (C=O) groups excluding carboxylic acids is 1. The van der Waals surface area contributed by atoms with Crippen LogP contribution in [-0.2, 0) is 0 Å². The average Bonchev–Trinajstić information content (AvgIpc) is 3.13. The van der Waals surface area contributed by atoms with Crippen LogP contribution in [0.4, 0.5) is 10.8 Å². The molecule has 0 unspecified atom stereocenters. The predicted octanol–water partition coefficient (Wildman–Crippen LogP) is 5.43. The number of nitrogens with zero attached hydrogens (tertiary/aromatic N) is 4. The Morgan fingerprint density at radius 3 is 2.30 bits per heavy atom. The number of aromatic nitrogens is 1. The zero-order chi connectivity index (χ0) is 21.0. The van der Waals surface area contributed by atoms with Crippen LogP contribution in [0.5, 0.6) is 0 Å². The number of amides is 1. The van der Waals surface area contributed by atoms with E-state index in [1.807, 2.05) is 61.5 Å². The van der Waals surface area contributed by atoms with Crippen LogP contribution >= 0.6 is 35.3 Å². The second-order valence-corrected chi connectivity index (χ2v) is 8.48. The van der Waals surface area contributed by atoms with Crippen LogP contribution in [-0.4, -0.2) is 56.1 Å². The van der Waals surface area contributed by atoms with Crippen molar-refractivity contribution < 1.29 is 4.79 Å². The lowest BCUT2D eigenvalue weighted by atomic mass is 10.1. The van der Waals surface area contributed by atoms with Gasteiger partial charge < -0.3 is 9.80 Å². The van der Waals surface area contributed by atoms with Gasteiger partial charge in [0.1, 0.15) is 0 Å². The Kier molecular flexibility index (Phi) is 8.92. The molecule has 3 aromatic rings. The van der Waals surface area contributed by atoms with Gasteiger partial charge in [-0.25, -0.2) is 4.98 Å². The summed E-state index contributed by atoms with van der Waals surface area (Å²) in [6.07, 6.45) is 0. The van der Waals surface area contributed by atoms with Crippen molar-refractivity contribution in [3.05, 3.63) is 53.1 Å². The molecule has 162 valence electrons. The predicted molar refractivity (Wildman–Crippen MR) is 132 cm³/mol. The van der Waals surface area contributed by atoms with Crippen molar-refractivity contribution >= 4 is 62.3 Å². The molecule has 1 aromatic heterocycles. The molecule has 0 saturated carbocycles. The third-order valence-corrected chi connectivity index (χ3v) is 6.26. The van der Waals surface area contributed by atoms with Crippen LogP contribution in [0.3, 0.4) is 0 Å². The van der Waals surface area contributed by atoms with E-state index in [2.05, 4.69) is 18.7 Å². The van der Waals surface area contributed by atoms with E-state index in [9.17, 15) is 4.79 Å². The molecule has 0 aliphatic heterocycles. The topological polar surface area (TPSA) is 39.7 Å². The SMILES string of the molecule is CCN(CC)CCN(C(=O)c1ccc(N(C)C)cc1)c1nc2ccc(Cl)cc2s1.Cl. The summed E-state index contributed by atoms with van der Waals surface area (Å²) in [5.41, 5.74) is 2.58. The maximum atomic E-state index is 13.4. The van der Waals surface area contributed by atoms with E-state index in [1.54, 1.807) is 4.90 Å². The summed E-state index contributed by atoms with van der Waals surface area (Å²) in [6, 6.07) is 13.3. The monoisotopic (exact) mass is 466 g/mol. The summed E-state index contributed by atoms with van der Waals surface area (Å²) in [5.74, 6) is -0.0346. The van der Waals surface area contributed by atoms with Gasteiger partial charge in [-0.3, -0.25) is 9.69 Å². The maximum absolute atomic E-state index is 13.4. The van der Waals surface area contributed by atoms with Crippen LogP contribution in [0.2, 0.25) is 5.02 Å². The van der Waals surface area contributed by atoms with Gasteiger partial charge >= 0.3 is 0 Å². The highest BCUT2D eigenvalue weighted by atomic mass is 35.5. The number of thiazole rings is 1. The van der Waals surface area contributed by atoms with Crippen LogP contribution in [0.1, 0.15) is 24.2 Å². The largest absolute Gasteiger partial charge is 0.378 e. The first kappa shape index (κ1) is 24.4. The summed E-state index contributed by atoms with van der Waals surface area (Å²) in [5, 5.41) is 1.38. The number of fused-ring (bicyclic) bond motifs is 1. The molecule has 5 nitrogen and oxygen atoms in total. The fourth-order valence-electron chi connectivity index (χ4n) is 3.13. The van der Waals surface area contributed by atoms with Gasteiger partial charge in [0, 0.05) is 43.5 Å². The molecule has 0 saturated heterocycles. The number of benzene rings is 2. The molecule has 0 fully saturated rings. The van der Waals surface area contributed by atoms with E-state index in [4.69, 9.17) is 16.6 Å². The van der Waals surface area contributed by atoms with Gasteiger partial charge in [-0.05, 0) is 55.6 Å². The Morgan fingerprint density at radius 1 is 1.03 bits per heavy atom. The smallest absolute Gasteiger partial charge is 0.260 e. The fourth-order valence-corrected chi connectivity index (χ4v) is 4.39. The number of carbonyl (C=O) groups is 1. The molecule has 0 aliphatic rings. The molecule has 0 N–H and O–H groups in total. The van der Waals surface area contributed by atoms with Crippen LogP contribution in [0, 0.1) is 0 Å². The van der Waals surface area contributed by atoms with Crippen molar-refractivity contribution in [3.8, 4) is 0 Å². The summed E-state index contributed by atoms with van der Waals surface area (Å²) in [7, 11) is 3.97. The van der Waals surface area contributed by atoms with Gasteiger partial charge in [-0.15, -0.1) is 12.4 Å². The highest BCUT2D eigenvalue weighted by Gasteiger charge is 2.22. The maximum Gasteiger partial charge on any atom is 0.260 e. The van der Waals surface area contributed by atoms with Gasteiger partial charge in [-0.2, -0.15) is 0 Å². The Hall–Kier alpha value is -1.86. The number of hydrogen-bond acceptors (Lipinski definition) is 5. The van der Waals surface area contributed by atoms with Crippen molar-refractivity contribution in [2.24, 2.45) is 0 Å². The number of halogens is 2. The Morgan fingerprint density at radius 2 is 1.70 bits per heavy atom. The minimum Gasteiger partial charge on any atom is -0.378 e. The highest BCUT2D eigenvalue weighted by molar-refractivity contribution is 7.22. The first-order valence-corrected chi connectivity index (χ1v) is 11.0. The lowest BCUT2D eigenvalue weighted by Crippen LogP contribution is -2.38. The summed E-state index contributed by atoms with van der Waals surface area (Å²) in [6.45, 7) is 7.55. The summed E-state index contributed by atoms with van der Waals surface area (Å²) < 4.78 is 0.982. The quantitative estimate of drug-likeness (QED) is 0.443. The zero-order valence-electron chi connectivity index (χ0n) is 17.8. The van der Waals surface area contributed by atoms with Crippen molar-refractivity contribution in [3.63, 3.8) is 0 Å². The molecule has 1 amide bonds. The number of likely N-dealkylation sites (N-methyl/N-ethyl adjacent to an activating group) is 1. The molecule has 0 bridgehead atoms. The van der Waals surface area contributed by atoms with E-state index in [0.29, 0.717) is 22.3 Å². The van der Waals surface area contributed by atoms with Gasteiger partial charge in [0.2, 0.25) is 0 Å². The fraction of sp³-hybridized carbons (Fsp3) is 0.364. The van der Waals surface area contributed by atoms with E-state index in [0.717, 1.165) is 35.5 Å². The molecule has 2 aromatic carbocycles. The van der Waals surface area contributed by atoms with Crippen LogP contribution in [0.15, 0.2) is 42.5 Å². The normalized spacial score (nSPS) is 10.9. The molecule has 0 aliphatic carbocycles. The highest BCUT2D eigenvalue weighted by Crippen LogP contribution is 2.31. The minimum absolute atomic E-state index is 0. The zero-order valence-corrected chi connectivity index (χ0v) is 20.2. The van der Waals surface area contributed by atoms with Gasteiger partial charge in [0.25, 0.3) is 5.91 Å². The number of anilines is 2. The molecular formula is C22H28Cl2N4OS. The standard InChI is InChI=1S/C22H27ClN4OS.ClH/c1-5-26(6-2)13-14-27(21(28)16-7-10-18(11-8-16)25(3)4)22-24-19-12-9-17(23)15-20(19)29-22;/h7-12,15H,5-6,13-14H2,1-4H3;1H. The summed E-state index contributed by atoms with van der Waals surface area (Å²) >= 11 is 7.63. The number of rotatable bonds is 8. The summed E-state index contributed by atoms with van der Waals surface area (Å²) in [4.78, 5) is 24.2. The van der Waals surface area contributed by atoms with E-state index < -0.39 is 0 Å². The molecular weight excluding hydrogens is 439 g/mol. The van der Waals surface area contributed by atoms with E-state index >= 15 is 0 Å². The van der Waals surface area contributed by atoms with Crippen LogP contribution in [0.25, 0.3) is 10.2 Å². The molecule has 8 heteroatoms. The first-order chi connectivity index (χ1) is 13.9. The third-order valence-electron chi connectivity index (χ3n) is 4.98. The number of hydrogen-bond donors (Lipinski definition) is 0. The molecule has 3 rings (SSSR count). The second-order valence-electron chi connectivity index (χ2n) is 7.03. The second kappa shape index (κ2) is 11.0. The van der Waals surface area contributed by atoms with Crippen molar-refractivity contribution in [2.45, 2.75) is 13.8 Å². The molecule has 0 atom stereocenters. The Balaban J connectivity index is 0.00000320. The van der Waals surface area contributed by atoms with Crippen molar-refractivity contribution in [1.82, 2.24) is 9.88 Å². The van der Waals surface area contributed by atoms with Crippen molar-refractivity contribution in [2.75, 3.05) is 50.1 Å². The first-order valence-electron chi connectivity index (χ1n) is 9.80. The lowest BCUT2D eigenvalue weighted by Gasteiger charge is -2.25. The van der Waals surface area contributed by atoms with Gasteiger partial charge in [-0.1, -0.05) is 36.8 Å². The lowest BCUT2D eigenvalue weighted by molar-refractivity contribution is 0.0984. The molecule has 30 heavy (non-hydrogen) atoms. The minimum atomic E-state index is -0.0346. The third kappa shape index (κ3) is 5.64. The molecule has 0 spiro atoms. The van der Waals surface area contributed by atoms with Crippen molar-refractivity contribution in [1.29, 1.82) is 0 Å².